The first-order chi connectivity index (χ1) is 6.24. The van der Waals surface area contributed by atoms with E-state index >= 15 is 0 Å². The third kappa shape index (κ3) is 3.07. The SMILES string of the molecule is C=Cc1ccccc1O[Si]C(C)C. The Balaban J connectivity index is 2.69. The fraction of sp³-hybridized carbons (Fsp3) is 0.273. The molecule has 0 amide bonds. The van der Waals surface area contributed by atoms with Crippen LogP contribution in [0.3, 0.4) is 0 Å². The van der Waals surface area contributed by atoms with Crippen molar-refractivity contribution in [2.45, 2.75) is 19.4 Å². The van der Waals surface area contributed by atoms with E-state index in [0.29, 0.717) is 15.3 Å². The van der Waals surface area contributed by atoms with Gasteiger partial charge >= 0.3 is 9.76 Å². The Hall–Kier alpha value is -1.02. The normalized spacial score (nSPS) is 10.1. The second-order valence-electron chi connectivity index (χ2n) is 3.12. The lowest BCUT2D eigenvalue weighted by Gasteiger charge is -2.09. The monoisotopic (exact) mass is 190 g/mol. The van der Waals surface area contributed by atoms with Gasteiger partial charge < -0.3 is 4.43 Å². The zero-order chi connectivity index (χ0) is 9.68. The first-order valence-electron chi connectivity index (χ1n) is 4.38. The molecule has 0 unspecified atom stereocenters. The van der Waals surface area contributed by atoms with Crippen LogP contribution in [0.15, 0.2) is 30.8 Å². The summed E-state index contributed by atoms with van der Waals surface area (Å²) in [5.41, 5.74) is 1.65. The van der Waals surface area contributed by atoms with Crippen molar-refractivity contribution in [1.82, 2.24) is 0 Å². The summed E-state index contributed by atoms with van der Waals surface area (Å²) in [6.07, 6.45) is 1.82. The van der Waals surface area contributed by atoms with E-state index in [1.54, 1.807) is 0 Å². The molecule has 0 saturated carbocycles. The quantitative estimate of drug-likeness (QED) is 0.663. The van der Waals surface area contributed by atoms with Crippen molar-refractivity contribution in [2.24, 2.45) is 0 Å². The van der Waals surface area contributed by atoms with Crippen LogP contribution in [0.2, 0.25) is 5.54 Å². The Bertz CT molecular complexity index is 281. The second kappa shape index (κ2) is 4.87. The molecule has 0 heterocycles. The van der Waals surface area contributed by atoms with Gasteiger partial charge in [-0.05, 0) is 11.6 Å². The summed E-state index contributed by atoms with van der Waals surface area (Å²) in [6.45, 7) is 8.04. The molecule has 0 saturated heterocycles. The Morgan fingerprint density at radius 2 is 2.08 bits per heavy atom. The smallest absolute Gasteiger partial charge is 0.313 e. The van der Waals surface area contributed by atoms with Crippen LogP contribution >= 0.6 is 0 Å². The standard InChI is InChI=1S/C11H14OSi/c1-4-10-7-5-6-8-11(10)12-13-9(2)3/h4-9H,1H2,2-3H3. The Morgan fingerprint density at radius 3 is 2.69 bits per heavy atom. The van der Waals surface area contributed by atoms with Crippen molar-refractivity contribution in [3.63, 3.8) is 0 Å². The molecule has 0 atom stereocenters. The molecule has 0 spiro atoms. The maximum absolute atomic E-state index is 5.65. The van der Waals surface area contributed by atoms with Gasteiger partial charge in [0.2, 0.25) is 0 Å². The van der Waals surface area contributed by atoms with Gasteiger partial charge in [0, 0.05) is 5.56 Å². The molecule has 1 aromatic rings. The fourth-order valence-electron chi connectivity index (χ4n) is 0.923. The first-order valence-corrected chi connectivity index (χ1v) is 5.36. The summed E-state index contributed by atoms with van der Waals surface area (Å²) in [5, 5.41) is 0. The fourth-order valence-corrected chi connectivity index (χ4v) is 1.47. The van der Waals surface area contributed by atoms with Crippen LogP contribution in [0.1, 0.15) is 19.4 Å². The maximum atomic E-state index is 5.65. The average molecular weight is 190 g/mol. The van der Waals surface area contributed by atoms with Crippen molar-refractivity contribution in [2.75, 3.05) is 0 Å². The Labute approximate surface area is 82.4 Å². The summed E-state index contributed by atoms with van der Waals surface area (Å²) in [4.78, 5) is 0. The van der Waals surface area contributed by atoms with E-state index in [1.165, 1.54) is 0 Å². The zero-order valence-electron chi connectivity index (χ0n) is 8.08. The van der Waals surface area contributed by atoms with Gasteiger partial charge in [-0.1, -0.05) is 44.7 Å². The highest BCUT2D eigenvalue weighted by Gasteiger charge is 2.02. The van der Waals surface area contributed by atoms with Crippen LogP contribution < -0.4 is 4.43 Å². The van der Waals surface area contributed by atoms with E-state index in [1.807, 2.05) is 30.3 Å². The van der Waals surface area contributed by atoms with Gasteiger partial charge in [-0.2, -0.15) is 0 Å². The van der Waals surface area contributed by atoms with Crippen molar-refractivity contribution in [3.8, 4) is 5.75 Å². The van der Waals surface area contributed by atoms with Crippen molar-refractivity contribution >= 4 is 15.8 Å². The van der Waals surface area contributed by atoms with Gasteiger partial charge in [0.25, 0.3) is 0 Å². The summed E-state index contributed by atoms with van der Waals surface area (Å²) in [7, 11) is 0.518. The lowest BCUT2D eigenvalue weighted by atomic mass is 10.2. The number of rotatable bonds is 4. The molecule has 0 aliphatic carbocycles. The van der Waals surface area contributed by atoms with Gasteiger partial charge in [0.05, 0.1) is 0 Å². The summed E-state index contributed by atoms with van der Waals surface area (Å²) in [6, 6.07) is 7.95. The van der Waals surface area contributed by atoms with Gasteiger partial charge in [-0.3, -0.25) is 0 Å². The van der Waals surface area contributed by atoms with Crippen molar-refractivity contribution < 1.29 is 4.43 Å². The van der Waals surface area contributed by atoms with E-state index in [4.69, 9.17) is 4.43 Å². The van der Waals surface area contributed by atoms with Crippen LogP contribution in [0.4, 0.5) is 0 Å². The lowest BCUT2D eigenvalue weighted by molar-refractivity contribution is 0.580. The summed E-state index contributed by atoms with van der Waals surface area (Å²) < 4.78 is 5.65. The minimum atomic E-state index is 0.518. The molecule has 2 radical (unpaired) electrons. The number of benzene rings is 1. The third-order valence-corrected chi connectivity index (χ3v) is 2.35. The molecule has 0 aliphatic heterocycles. The van der Waals surface area contributed by atoms with E-state index in [0.717, 1.165) is 11.3 Å². The zero-order valence-corrected chi connectivity index (χ0v) is 9.08. The van der Waals surface area contributed by atoms with Gasteiger partial charge in [0.1, 0.15) is 5.75 Å². The highest BCUT2D eigenvalue weighted by molar-refractivity contribution is 6.30. The third-order valence-electron chi connectivity index (χ3n) is 1.54. The molecular weight excluding hydrogens is 176 g/mol. The van der Waals surface area contributed by atoms with Crippen molar-refractivity contribution in [1.29, 1.82) is 0 Å². The topological polar surface area (TPSA) is 9.23 Å². The number of hydrogen-bond donors (Lipinski definition) is 0. The van der Waals surface area contributed by atoms with Crippen LogP contribution in [0.25, 0.3) is 6.08 Å². The molecule has 13 heavy (non-hydrogen) atoms. The van der Waals surface area contributed by atoms with Crippen LogP contribution in [0, 0.1) is 0 Å². The van der Waals surface area contributed by atoms with Crippen LogP contribution in [-0.2, 0) is 0 Å². The predicted octanol–water partition coefficient (Wildman–Crippen LogP) is 3.16. The molecule has 1 nitrogen and oxygen atoms in total. The number of hydrogen-bond acceptors (Lipinski definition) is 1. The largest absolute Gasteiger partial charge is 0.540 e. The highest BCUT2D eigenvalue weighted by atomic mass is 28.2. The molecule has 0 N–H and O–H groups in total. The van der Waals surface area contributed by atoms with Crippen LogP contribution in [-0.4, -0.2) is 9.76 Å². The van der Waals surface area contributed by atoms with E-state index in [-0.39, 0.29) is 0 Å². The minimum absolute atomic E-state index is 0.518. The van der Waals surface area contributed by atoms with E-state index in [2.05, 4.69) is 20.4 Å². The molecular formula is C11H14OSi. The molecule has 68 valence electrons. The van der Waals surface area contributed by atoms with Gasteiger partial charge in [-0.25, -0.2) is 0 Å². The molecule has 2 heteroatoms. The summed E-state index contributed by atoms with van der Waals surface area (Å²) >= 11 is 0. The van der Waals surface area contributed by atoms with E-state index < -0.39 is 0 Å². The Kier molecular flexibility index (Phi) is 3.77. The molecule has 0 fully saturated rings. The minimum Gasteiger partial charge on any atom is -0.540 e. The number of para-hydroxylation sites is 1. The molecule has 0 bridgehead atoms. The van der Waals surface area contributed by atoms with E-state index in [9.17, 15) is 0 Å². The van der Waals surface area contributed by atoms with Crippen LogP contribution in [0.5, 0.6) is 5.75 Å². The molecule has 1 rings (SSSR count). The average Bonchev–Trinajstić information content (AvgIpc) is 2.15. The predicted molar refractivity (Wildman–Crippen MR) is 58.0 cm³/mol. The Morgan fingerprint density at radius 1 is 1.38 bits per heavy atom. The lowest BCUT2D eigenvalue weighted by Crippen LogP contribution is -2.06. The van der Waals surface area contributed by atoms with Crippen molar-refractivity contribution in [3.05, 3.63) is 36.4 Å². The second-order valence-corrected chi connectivity index (χ2v) is 4.71. The van der Waals surface area contributed by atoms with Gasteiger partial charge in [-0.15, -0.1) is 0 Å². The summed E-state index contributed by atoms with van der Waals surface area (Å²) in [5.74, 6) is 0.935. The molecule has 1 aromatic carbocycles. The molecule has 0 aromatic heterocycles. The first kappa shape index (κ1) is 10.1. The molecule has 0 aliphatic rings. The maximum Gasteiger partial charge on any atom is 0.313 e. The van der Waals surface area contributed by atoms with Gasteiger partial charge in [0.15, 0.2) is 0 Å². The highest BCUT2D eigenvalue weighted by Crippen LogP contribution is 2.19.